The largest absolute Gasteiger partial charge is 0.308 e. The van der Waals surface area contributed by atoms with Gasteiger partial charge in [0.1, 0.15) is 0 Å². The zero-order valence-electron chi connectivity index (χ0n) is 25.0. The average molecular weight is 628 g/mol. The monoisotopic (exact) mass is 627 g/mol. The lowest BCUT2D eigenvalue weighted by atomic mass is 9.99. The van der Waals surface area contributed by atoms with Gasteiger partial charge in [-0.3, -0.25) is 0 Å². The molecule has 2 heterocycles. The Morgan fingerprint density at radius 2 is 0.915 bits per heavy atom. The van der Waals surface area contributed by atoms with Crippen molar-refractivity contribution in [2.24, 2.45) is 0 Å². The fourth-order valence-corrected chi connectivity index (χ4v) is 6.75. The van der Waals surface area contributed by atoms with Crippen LogP contribution in [0.5, 0.6) is 0 Å². The first-order valence-electron chi connectivity index (χ1n) is 14.8. The molecule has 0 radical (unpaired) electrons. The van der Waals surface area contributed by atoms with Crippen LogP contribution in [0.2, 0.25) is 0 Å². The van der Waals surface area contributed by atoms with Crippen molar-refractivity contribution in [2.45, 2.75) is 13.8 Å². The molecule has 0 bridgehead atoms. The van der Waals surface area contributed by atoms with E-state index in [1.165, 1.54) is 12.1 Å². The van der Waals surface area contributed by atoms with Crippen molar-refractivity contribution >= 4 is 49.3 Å². The molecule has 0 spiro atoms. The number of fused-ring (bicyclic) bond motifs is 6. The van der Waals surface area contributed by atoms with E-state index in [0.29, 0.717) is 11.4 Å². The third-order valence-electron chi connectivity index (χ3n) is 8.83. The normalized spacial score (nSPS) is 11.7. The summed E-state index contributed by atoms with van der Waals surface area (Å²) in [6, 6.07) is 30.2. The molecule has 0 amide bonds. The number of hydrogen-bond acceptors (Lipinski definition) is 0. The Hall–Kier alpha value is -5.94. The van der Waals surface area contributed by atoms with Crippen molar-refractivity contribution in [1.82, 2.24) is 9.13 Å². The lowest BCUT2D eigenvalue weighted by Gasteiger charge is -2.20. The maximum absolute atomic E-state index is 15.4. The molecular formula is C39H22F5N3. The molecule has 8 aromatic rings. The first-order chi connectivity index (χ1) is 22.7. The highest BCUT2D eigenvalue weighted by Gasteiger charge is 2.30. The Morgan fingerprint density at radius 1 is 0.489 bits per heavy atom. The van der Waals surface area contributed by atoms with Crippen molar-refractivity contribution in [2.75, 3.05) is 0 Å². The van der Waals surface area contributed by atoms with E-state index in [1.807, 2.05) is 102 Å². The fraction of sp³-hybridized carbons (Fsp3) is 0.0513. The third kappa shape index (κ3) is 4.03. The lowest BCUT2D eigenvalue weighted by molar-refractivity contribution is 0.381. The van der Waals surface area contributed by atoms with E-state index in [1.54, 1.807) is 0 Å². The van der Waals surface area contributed by atoms with E-state index >= 15 is 8.78 Å². The van der Waals surface area contributed by atoms with Gasteiger partial charge in [0.25, 0.3) is 0 Å². The summed E-state index contributed by atoms with van der Waals surface area (Å²) in [6.07, 6.45) is 0. The second-order valence-electron chi connectivity index (χ2n) is 11.7. The summed E-state index contributed by atoms with van der Waals surface area (Å²) in [4.78, 5) is 3.57. The predicted molar refractivity (Wildman–Crippen MR) is 176 cm³/mol. The van der Waals surface area contributed by atoms with Crippen LogP contribution in [0, 0.1) is 49.5 Å². The molecule has 3 nitrogen and oxygen atoms in total. The van der Waals surface area contributed by atoms with Gasteiger partial charge in [0.05, 0.1) is 40.0 Å². The van der Waals surface area contributed by atoms with Crippen LogP contribution in [0.4, 0.5) is 27.6 Å². The summed E-state index contributed by atoms with van der Waals surface area (Å²) < 4.78 is 78.1. The molecular weight excluding hydrogens is 605 g/mol. The standard InChI is InChI=1S/C39H22F5N3/c1-20-12-14-30-24(16-20)22-8-4-6-10-28(22)46(30)32-18-26(34-35(40)37(42)39(44)38(43)36(34)41)27(45-3)19-33(32)47-29-11-7-5-9-23(29)25-17-21(2)13-15-31(25)47/h4-19H,1-2H3. The summed E-state index contributed by atoms with van der Waals surface area (Å²) in [7, 11) is 0. The molecule has 0 N–H and O–H groups in total. The van der Waals surface area contributed by atoms with Gasteiger partial charge in [-0.2, -0.15) is 0 Å². The second-order valence-corrected chi connectivity index (χ2v) is 11.7. The molecule has 0 aliphatic carbocycles. The van der Waals surface area contributed by atoms with Crippen LogP contribution in [-0.2, 0) is 0 Å². The molecule has 0 aliphatic heterocycles. The second kappa shape index (κ2) is 10.3. The van der Waals surface area contributed by atoms with Gasteiger partial charge in [-0.05, 0) is 67.9 Å². The summed E-state index contributed by atoms with van der Waals surface area (Å²) in [5, 5.41) is 3.72. The Kier molecular flexibility index (Phi) is 6.25. The molecule has 8 rings (SSSR count). The maximum Gasteiger partial charge on any atom is 0.200 e. The van der Waals surface area contributed by atoms with Crippen LogP contribution in [0.1, 0.15) is 11.1 Å². The highest BCUT2D eigenvalue weighted by molar-refractivity contribution is 6.12. The number of rotatable bonds is 3. The first kappa shape index (κ1) is 28.5. The minimum absolute atomic E-state index is 0.276. The highest BCUT2D eigenvalue weighted by Crippen LogP contribution is 2.45. The smallest absolute Gasteiger partial charge is 0.200 e. The van der Waals surface area contributed by atoms with Crippen molar-refractivity contribution in [3.63, 3.8) is 0 Å². The minimum atomic E-state index is -2.26. The van der Waals surface area contributed by atoms with Gasteiger partial charge in [-0.15, -0.1) is 0 Å². The van der Waals surface area contributed by atoms with E-state index in [4.69, 9.17) is 6.57 Å². The van der Waals surface area contributed by atoms with Crippen LogP contribution in [0.15, 0.2) is 97.1 Å². The molecule has 0 aliphatic rings. The number of aryl methyl sites for hydroxylation is 2. The van der Waals surface area contributed by atoms with Gasteiger partial charge in [0, 0.05) is 27.1 Å². The topological polar surface area (TPSA) is 14.2 Å². The molecule has 0 fully saturated rings. The van der Waals surface area contributed by atoms with Crippen molar-refractivity contribution in [3.05, 3.63) is 149 Å². The number of halogens is 5. The maximum atomic E-state index is 15.4. The summed E-state index contributed by atoms with van der Waals surface area (Å²) >= 11 is 0. The van der Waals surface area contributed by atoms with Crippen LogP contribution in [-0.4, -0.2) is 9.13 Å². The van der Waals surface area contributed by atoms with E-state index in [9.17, 15) is 13.2 Å². The molecule has 47 heavy (non-hydrogen) atoms. The molecule has 228 valence electrons. The van der Waals surface area contributed by atoms with Crippen LogP contribution >= 0.6 is 0 Å². The fourth-order valence-electron chi connectivity index (χ4n) is 6.75. The Morgan fingerprint density at radius 3 is 1.40 bits per heavy atom. The van der Waals surface area contributed by atoms with Crippen LogP contribution in [0.3, 0.4) is 0 Å². The highest BCUT2D eigenvalue weighted by atomic mass is 19.2. The van der Waals surface area contributed by atoms with Crippen LogP contribution < -0.4 is 0 Å². The van der Waals surface area contributed by atoms with Gasteiger partial charge in [-0.25, -0.2) is 26.8 Å². The first-order valence-corrected chi connectivity index (χ1v) is 14.8. The van der Waals surface area contributed by atoms with E-state index < -0.39 is 40.2 Å². The molecule has 0 unspecified atom stereocenters. The van der Waals surface area contributed by atoms with Crippen molar-refractivity contribution in [3.8, 4) is 22.5 Å². The Balaban J connectivity index is 1.61. The zero-order chi connectivity index (χ0) is 32.7. The molecule has 0 atom stereocenters. The van der Waals surface area contributed by atoms with Crippen molar-refractivity contribution in [1.29, 1.82) is 0 Å². The van der Waals surface area contributed by atoms with Gasteiger partial charge in [-0.1, -0.05) is 59.7 Å². The third-order valence-corrected chi connectivity index (χ3v) is 8.83. The zero-order valence-corrected chi connectivity index (χ0v) is 25.0. The van der Waals surface area contributed by atoms with Crippen molar-refractivity contribution < 1.29 is 22.0 Å². The number of aromatic nitrogens is 2. The van der Waals surface area contributed by atoms with E-state index in [0.717, 1.165) is 54.7 Å². The number of para-hydroxylation sites is 2. The summed E-state index contributed by atoms with van der Waals surface area (Å²) in [5.41, 5.74) is 4.22. The molecule has 8 heteroatoms. The average Bonchev–Trinajstić information content (AvgIpc) is 3.58. The van der Waals surface area contributed by atoms with Gasteiger partial charge < -0.3 is 9.13 Å². The van der Waals surface area contributed by atoms with Gasteiger partial charge in [0.2, 0.25) is 5.82 Å². The predicted octanol–water partition coefficient (Wildman–Crippen LogP) is 11.4. The van der Waals surface area contributed by atoms with Gasteiger partial charge in [0.15, 0.2) is 29.0 Å². The lowest BCUT2D eigenvalue weighted by Crippen LogP contribution is -2.07. The molecule has 0 saturated heterocycles. The Bertz CT molecular complexity index is 2650. The number of hydrogen-bond donors (Lipinski definition) is 0. The van der Waals surface area contributed by atoms with E-state index in [-0.39, 0.29) is 5.69 Å². The summed E-state index contributed by atoms with van der Waals surface area (Å²) in [5.74, 6) is -10.4. The summed E-state index contributed by atoms with van der Waals surface area (Å²) in [6.45, 7) is 12.0. The Labute approximate surface area is 265 Å². The van der Waals surface area contributed by atoms with Gasteiger partial charge >= 0.3 is 0 Å². The molecule has 6 aromatic carbocycles. The number of benzene rings is 6. The quantitative estimate of drug-likeness (QED) is 0.0801. The minimum Gasteiger partial charge on any atom is -0.308 e. The molecule has 0 saturated carbocycles. The van der Waals surface area contributed by atoms with Crippen LogP contribution in [0.25, 0.3) is 71.0 Å². The SMILES string of the molecule is [C-]#[N+]c1cc(-n2c3ccccc3c3cc(C)ccc32)c(-n2c3ccccc3c3cc(C)ccc32)cc1-c1c(F)c(F)c(F)c(F)c1F. The molecule has 2 aromatic heterocycles. The number of nitrogens with zero attached hydrogens (tertiary/aromatic N) is 3. The van der Waals surface area contributed by atoms with E-state index in [2.05, 4.69) is 10.9 Å².